The summed E-state index contributed by atoms with van der Waals surface area (Å²) in [6.07, 6.45) is 1.34. The van der Waals surface area contributed by atoms with Gasteiger partial charge in [0, 0.05) is 19.2 Å². The van der Waals surface area contributed by atoms with Gasteiger partial charge in [-0.3, -0.25) is 0 Å². The summed E-state index contributed by atoms with van der Waals surface area (Å²) in [5.41, 5.74) is 0.534. The molecule has 0 unspecified atom stereocenters. The lowest BCUT2D eigenvalue weighted by atomic mass is 10.1. The molecule has 0 saturated carbocycles. The van der Waals surface area contributed by atoms with Crippen LogP contribution in [0.25, 0.3) is 12.2 Å². The molecule has 1 saturated heterocycles. The molecule has 0 amide bonds. The summed E-state index contributed by atoms with van der Waals surface area (Å²) in [5.74, 6) is 1.53. The summed E-state index contributed by atoms with van der Waals surface area (Å²) in [7, 11) is 0. The van der Waals surface area contributed by atoms with Crippen LogP contribution in [0.4, 0.5) is 19.0 Å². The largest absolute Gasteiger partial charge is 0.416 e. The molecular weight excluding hydrogens is 315 g/mol. The van der Waals surface area contributed by atoms with E-state index in [9.17, 15) is 13.2 Å². The Morgan fingerprint density at radius 1 is 1.04 bits per heavy atom. The minimum Gasteiger partial charge on any atom is -0.356 e. The van der Waals surface area contributed by atoms with Crippen LogP contribution in [0.3, 0.4) is 0 Å². The van der Waals surface area contributed by atoms with E-state index in [0.29, 0.717) is 17.1 Å². The smallest absolute Gasteiger partial charge is 0.356 e. The molecule has 0 spiro atoms. The Morgan fingerprint density at radius 2 is 1.79 bits per heavy atom. The van der Waals surface area contributed by atoms with E-state index in [0.717, 1.165) is 43.9 Å². The second-order valence-corrected chi connectivity index (χ2v) is 5.85. The van der Waals surface area contributed by atoms with E-state index in [-0.39, 0.29) is 0 Å². The summed E-state index contributed by atoms with van der Waals surface area (Å²) < 4.78 is 38.3. The summed E-state index contributed by atoms with van der Waals surface area (Å²) in [5, 5.41) is 0. The van der Waals surface area contributed by atoms with Crippen molar-refractivity contribution < 1.29 is 13.2 Å². The number of halogens is 3. The van der Waals surface area contributed by atoms with Crippen LogP contribution in [0.2, 0.25) is 0 Å². The molecule has 1 fully saturated rings. The van der Waals surface area contributed by atoms with Gasteiger partial charge in [0.15, 0.2) is 0 Å². The number of benzene rings is 1. The fraction of sp³-hybridized carbons (Fsp3) is 0.333. The first kappa shape index (κ1) is 16.5. The monoisotopic (exact) mass is 333 g/mol. The third-order valence-electron chi connectivity index (χ3n) is 3.93. The first-order valence-corrected chi connectivity index (χ1v) is 7.88. The topological polar surface area (TPSA) is 29.0 Å². The third-order valence-corrected chi connectivity index (χ3v) is 3.93. The molecule has 2 heterocycles. The van der Waals surface area contributed by atoms with Crippen LogP contribution in [-0.2, 0) is 6.18 Å². The predicted octanol–water partition coefficient (Wildman–Crippen LogP) is 4.57. The average Bonchev–Trinajstić information content (AvgIpc) is 3.06. The molecule has 0 radical (unpaired) electrons. The van der Waals surface area contributed by atoms with Crippen LogP contribution in [0.1, 0.15) is 35.5 Å². The van der Waals surface area contributed by atoms with Crippen molar-refractivity contribution in [2.45, 2.75) is 25.9 Å². The standard InChI is InChI=1S/C18H18F3N3/c1-13-22-16(12-17(23-13)24-9-2-3-10-24)8-7-14-5-4-6-15(11-14)18(19,20)21/h4-8,11-12H,2-3,9-10H2,1H3/b8-7+. The lowest BCUT2D eigenvalue weighted by Crippen LogP contribution is -2.19. The molecule has 126 valence electrons. The van der Waals surface area contributed by atoms with Crippen molar-refractivity contribution in [3.05, 3.63) is 53.0 Å². The second-order valence-electron chi connectivity index (χ2n) is 5.85. The van der Waals surface area contributed by atoms with Gasteiger partial charge in [0.05, 0.1) is 11.3 Å². The van der Waals surface area contributed by atoms with Crippen LogP contribution in [0.15, 0.2) is 30.3 Å². The molecule has 0 atom stereocenters. The van der Waals surface area contributed by atoms with E-state index >= 15 is 0 Å². The van der Waals surface area contributed by atoms with Gasteiger partial charge in [-0.2, -0.15) is 13.2 Å². The Bertz CT molecular complexity index is 747. The Hall–Kier alpha value is -2.37. The van der Waals surface area contributed by atoms with Gasteiger partial charge in [-0.1, -0.05) is 18.2 Å². The zero-order valence-electron chi connectivity index (χ0n) is 13.3. The fourth-order valence-corrected chi connectivity index (χ4v) is 2.77. The fourth-order valence-electron chi connectivity index (χ4n) is 2.77. The molecule has 1 aliphatic rings. The summed E-state index contributed by atoms with van der Waals surface area (Å²) in [4.78, 5) is 11.0. The van der Waals surface area contributed by atoms with Crippen molar-refractivity contribution in [1.29, 1.82) is 0 Å². The van der Waals surface area contributed by atoms with Crippen LogP contribution in [0.5, 0.6) is 0 Å². The van der Waals surface area contributed by atoms with Gasteiger partial charge in [0.1, 0.15) is 11.6 Å². The highest BCUT2D eigenvalue weighted by molar-refractivity contribution is 5.69. The summed E-state index contributed by atoms with van der Waals surface area (Å²) >= 11 is 0. The number of hydrogen-bond donors (Lipinski definition) is 0. The van der Waals surface area contributed by atoms with Crippen LogP contribution in [0, 0.1) is 6.92 Å². The normalized spacial score (nSPS) is 15.4. The molecule has 2 aromatic rings. The maximum Gasteiger partial charge on any atom is 0.416 e. The number of aryl methyl sites for hydroxylation is 1. The lowest BCUT2D eigenvalue weighted by molar-refractivity contribution is -0.137. The van der Waals surface area contributed by atoms with Crippen molar-refractivity contribution in [3.63, 3.8) is 0 Å². The molecule has 24 heavy (non-hydrogen) atoms. The van der Waals surface area contributed by atoms with Gasteiger partial charge in [0.25, 0.3) is 0 Å². The van der Waals surface area contributed by atoms with Gasteiger partial charge in [-0.15, -0.1) is 0 Å². The number of nitrogens with zero attached hydrogens (tertiary/aromatic N) is 3. The number of anilines is 1. The molecule has 1 aliphatic heterocycles. The maximum atomic E-state index is 12.8. The zero-order chi connectivity index (χ0) is 17.2. The molecule has 1 aromatic carbocycles. The SMILES string of the molecule is Cc1nc(/C=C/c2cccc(C(F)(F)F)c2)cc(N2CCCC2)n1. The Balaban J connectivity index is 1.84. The minimum atomic E-state index is -4.34. The molecular formula is C18H18F3N3. The highest BCUT2D eigenvalue weighted by Crippen LogP contribution is 2.30. The first-order chi connectivity index (χ1) is 11.4. The Morgan fingerprint density at radius 3 is 2.50 bits per heavy atom. The predicted molar refractivity (Wildman–Crippen MR) is 88.6 cm³/mol. The molecule has 0 aliphatic carbocycles. The third kappa shape index (κ3) is 3.93. The number of rotatable bonds is 3. The first-order valence-electron chi connectivity index (χ1n) is 7.88. The molecule has 0 N–H and O–H groups in total. The Kier molecular flexibility index (Phi) is 4.55. The zero-order valence-corrected chi connectivity index (χ0v) is 13.3. The molecule has 6 heteroatoms. The molecule has 3 rings (SSSR count). The molecule has 3 nitrogen and oxygen atoms in total. The van der Waals surface area contributed by atoms with E-state index in [1.54, 1.807) is 18.2 Å². The van der Waals surface area contributed by atoms with Crippen molar-refractivity contribution in [3.8, 4) is 0 Å². The van der Waals surface area contributed by atoms with E-state index in [2.05, 4.69) is 14.9 Å². The van der Waals surface area contributed by atoms with E-state index in [4.69, 9.17) is 0 Å². The van der Waals surface area contributed by atoms with Crippen LogP contribution in [-0.4, -0.2) is 23.1 Å². The second kappa shape index (κ2) is 6.63. The number of hydrogen-bond acceptors (Lipinski definition) is 3. The summed E-state index contributed by atoms with van der Waals surface area (Å²) in [6.45, 7) is 3.78. The number of aromatic nitrogens is 2. The van der Waals surface area contributed by atoms with Crippen LogP contribution < -0.4 is 4.90 Å². The van der Waals surface area contributed by atoms with Gasteiger partial charge in [0.2, 0.25) is 0 Å². The highest BCUT2D eigenvalue weighted by Gasteiger charge is 2.30. The van der Waals surface area contributed by atoms with E-state index in [1.807, 2.05) is 13.0 Å². The molecule has 0 bridgehead atoms. The van der Waals surface area contributed by atoms with Gasteiger partial charge in [-0.25, -0.2) is 9.97 Å². The minimum absolute atomic E-state index is 0.490. The van der Waals surface area contributed by atoms with Gasteiger partial charge < -0.3 is 4.90 Å². The summed E-state index contributed by atoms with van der Waals surface area (Å²) in [6, 6.07) is 7.12. The maximum absolute atomic E-state index is 12.8. The van der Waals surface area contributed by atoms with Crippen molar-refractivity contribution in [2.75, 3.05) is 18.0 Å². The quantitative estimate of drug-likeness (QED) is 0.823. The highest BCUT2D eigenvalue weighted by atomic mass is 19.4. The number of alkyl halides is 3. The Labute approximate surface area is 138 Å². The average molecular weight is 333 g/mol. The van der Waals surface area contributed by atoms with Gasteiger partial charge >= 0.3 is 6.18 Å². The molecule has 1 aromatic heterocycles. The van der Waals surface area contributed by atoms with Crippen molar-refractivity contribution >= 4 is 18.0 Å². The van der Waals surface area contributed by atoms with E-state index in [1.165, 1.54) is 6.07 Å². The van der Waals surface area contributed by atoms with E-state index < -0.39 is 11.7 Å². The lowest BCUT2D eigenvalue weighted by Gasteiger charge is -2.16. The van der Waals surface area contributed by atoms with Crippen LogP contribution >= 0.6 is 0 Å². The van der Waals surface area contributed by atoms with Gasteiger partial charge in [-0.05, 0) is 43.5 Å². The van der Waals surface area contributed by atoms with Crippen molar-refractivity contribution in [1.82, 2.24) is 9.97 Å². The van der Waals surface area contributed by atoms with Crippen molar-refractivity contribution in [2.24, 2.45) is 0 Å².